The van der Waals surface area contributed by atoms with E-state index in [9.17, 15) is 18.4 Å². The highest BCUT2D eigenvalue weighted by molar-refractivity contribution is 5.94. The molecule has 0 saturated carbocycles. The Morgan fingerprint density at radius 2 is 1.69 bits per heavy atom. The average molecular weight is 446 g/mol. The van der Waals surface area contributed by atoms with Gasteiger partial charge in [0, 0.05) is 31.7 Å². The third-order valence-electron chi connectivity index (χ3n) is 5.47. The Morgan fingerprint density at radius 1 is 1.00 bits per heavy atom. The summed E-state index contributed by atoms with van der Waals surface area (Å²) in [5.74, 6) is -0.0816. The number of benzene rings is 2. The van der Waals surface area contributed by atoms with Crippen LogP contribution in [0.1, 0.15) is 35.8 Å². The molecule has 0 aliphatic carbocycles. The number of piperazine rings is 1. The molecule has 2 amide bonds. The van der Waals surface area contributed by atoms with Crippen molar-refractivity contribution in [2.75, 3.05) is 32.7 Å². The molecule has 1 fully saturated rings. The van der Waals surface area contributed by atoms with Gasteiger partial charge in [0.05, 0.1) is 12.6 Å². The van der Waals surface area contributed by atoms with Crippen LogP contribution in [0.25, 0.3) is 0 Å². The van der Waals surface area contributed by atoms with Gasteiger partial charge in [-0.25, -0.2) is 0 Å². The van der Waals surface area contributed by atoms with Gasteiger partial charge in [0.25, 0.3) is 5.91 Å². The second-order valence-corrected chi connectivity index (χ2v) is 8.17. The normalized spacial score (nSPS) is 15.6. The zero-order chi connectivity index (χ0) is 23.1. The first kappa shape index (κ1) is 23.7. The number of alkyl halides is 2. The maximum absolute atomic E-state index is 12.7. The Hall–Kier alpha value is -3.00. The van der Waals surface area contributed by atoms with Crippen LogP contribution >= 0.6 is 0 Å². The summed E-state index contributed by atoms with van der Waals surface area (Å²) in [4.78, 5) is 29.1. The molecule has 32 heavy (non-hydrogen) atoms. The maximum atomic E-state index is 12.7. The molecule has 1 aliphatic rings. The fourth-order valence-corrected chi connectivity index (χ4v) is 3.81. The number of hydrogen-bond acceptors (Lipinski definition) is 4. The monoisotopic (exact) mass is 445 g/mol. The van der Waals surface area contributed by atoms with Crippen molar-refractivity contribution in [1.82, 2.24) is 15.1 Å². The Balaban J connectivity index is 1.51. The highest BCUT2D eigenvalue weighted by Gasteiger charge is 2.25. The number of carbonyl (C=O) groups is 2. The van der Waals surface area contributed by atoms with E-state index in [1.165, 1.54) is 18.2 Å². The van der Waals surface area contributed by atoms with E-state index in [4.69, 9.17) is 0 Å². The molecule has 0 radical (unpaired) electrons. The first-order valence-corrected chi connectivity index (χ1v) is 10.7. The van der Waals surface area contributed by atoms with Crippen molar-refractivity contribution in [2.24, 2.45) is 5.92 Å². The molecule has 0 unspecified atom stereocenters. The van der Waals surface area contributed by atoms with Crippen LogP contribution < -0.4 is 10.1 Å². The number of carbonyl (C=O) groups excluding carboxylic acids is 2. The van der Waals surface area contributed by atoms with Crippen LogP contribution in [0.3, 0.4) is 0 Å². The fraction of sp³-hybridized carbons (Fsp3) is 0.417. The van der Waals surface area contributed by atoms with Gasteiger partial charge >= 0.3 is 6.61 Å². The molecule has 2 aromatic rings. The summed E-state index contributed by atoms with van der Waals surface area (Å²) in [5.41, 5.74) is 1.38. The standard InChI is InChI=1S/C24H29F2N3O3/c1-17(2)22(18-7-4-3-5-8-18)27-21(30)16-28-11-13-29(14-12-28)23(31)19-9-6-10-20(15-19)32-24(25)26/h3-10,15,17,22,24H,11-14,16H2,1-2H3,(H,27,30)/t22-/m1/s1. The average Bonchev–Trinajstić information content (AvgIpc) is 2.77. The van der Waals surface area contributed by atoms with Crippen molar-refractivity contribution in [1.29, 1.82) is 0 Å². The van der Waals surface area contributed by atoms with Crippen LogP contribution in [-0.4, -0.2) is 60.9 Å². The number of amides is 2. The van der Waals surface area contributed by atoms with E-state index >= 15 is 0 Å². The van der Waals surface area contributed by atoms with Crippen molar-refractivity contribution in [2.45, 2.75) is 26.5 Å². The summed E-state index contributed by atoms with van der Waals surface area (Å²) in [6, 6.07) is 15.6. The number of rotatable bonds is 8. The number of halogens is 2. The highest BCUT2D eigenvalue weighted by Crippen LogP contribution is 2.21. The Morgan fingerprint density at radius 3 is 2.31 bits per heavy atom. The molecule has 3 rings (SSSR count). The summed E-state index contributed by atoms with van der Waals surface area (Å²) in [7, 11) is 0. The van der Waals surface area contributed by atoms with Gasteiger partial charge in [-0.2, -0.15) is 8.78 Å². The topological polar surface area (TPSA) is 61.9 Å². The lowest BCUT2D eigenvalue weighted by Gasteiger charge is -2.35. The van der Waals surface area contributed by atoms with E-state index in [-0.39, 0.29) is 36.1 Å². The van der Waals surface area contributed by atoms with E-state index in [2.05, 4.69) is 23.9 Å². The lowest BCUT2D eigenvalue weighted by atomic mass is 9.96. The number of nitrogens with one attached hydrogen (secondary N) is 1. The second-order valence-electron chi connectivity index (χ2n) is 8.17. The van der Waals surface area contributed by atoms with Gasteiger partial charge in [0.15, 0.2) is 0 Å². The third kappa shape index (κ3) is 6.50. The minimum atomic E-state index is -2.94. The molecule has 0 bridgehead atoms. The van der Waals surface area contributed by atoms with Gasteiger partial charge in [0.1, 0.15) is 5.75 Å². The summed E-state index contributed by atoms with van der Waals surface area (Å²) in [6.07, 6.45) is 0. The van der Waals surface area contributed by atoms with Gasteiger partial charge < -0.3 is 15.0 Å². The molecule has 1 heterocycles. The van der Waals surface area contributed by atoms with Gasteiger partial charge in [-0.3, -0.25) is 14.5 Å². The van der Waals surface area contributed by atoms with Crippen LogP contribution in [0.15, 0.2) is 54.6 Å². The lowest BCUT2D eigenvalue weighted by Crippen LogP contribution is -2.51. The minimum Gasteiger partial charge on any atom is -0.435 e. The quantitative estimate of drug-likeness (QED) is 0.675. The van der Waals surface area contributed by atoms with Crippen LogP contribution in [0.4, 0.5) is 8.78 Å². The molecule has 172 valence electrons. The molecule has 1 saturated heterocycles. The molecule has 1 N–H and O–H groups in total. The van der Waals surface area contributed by atoms with E-state index in [1.54, 1.807) is 11.0 Å². The van der Waals surface area contributed by atoms with Crippen molar-refractivity contribution >= 4 is 11.8 Å². The van der Waals surface area contributed by atoms with Crippen molar-refractivity contribution in [3.05, 3.63) is 65.7 Å². The van der Waals surface area contributed by atoms with Crippen LogP contribution in [0.5, 0.6) is 5.75 Å². The SMILES string of the molecule is CC(C)[C@@H](NC(=O)CN1CCN(C(=O)c2cccc(OC(F)F)c2)CC1)c1ccccc1. The highest BCUT2D eigenvalue weighted by atomic mass is 19.3. The maximum Gasteiger partial charge on any atom is 0.387 e. The van der Waals surface area contributed by atoms with Gasteiger partial charge in [0.2, 0.25) is 5.91 Å². The van der Waals surface area contributed by atoms with E-state index < -0.39 is 6.61 Å². The first-order chi connectivity index (χ1) is 15.3. The van der Waals surface area contributed by atoms with Crippen LogP contribution in [-0.2, 0) is 4.79 Å². The number of hydrogen-bond donors (Lipinski definition) is 1. The van der Waals surface area contributed by atoms with Crippen LogP contribution in [0.2, 0.25) is 0 Å². The largest absolute Gasteiger partial charge is 0.435 e. The summed E-state index contributed by atoms with van der Waals surface area (Å²) in [6.45, 7) is 3.50. The van der Waals surface area contributed by atoms with E-state index in [0.29, 0.717) is 31.7 Å². The smallest absolute Gasteiger partial charge is 0.387 e. The van der Waals surface area contributed by atoms with Gasteiger partial charge in [-0.05, 0) is 29.7 Å². The molecular weight excluding hydrogens is 416 g/mol. The fourth-order valence-electron chi connectivity index (χ4n) is 3.81. The predicted octanol–water partition coefficient (Wildman–Crippen LogP) is 3.56. The molecule has 2 aromatic carbocycles. The molecule has 1 atom stereocenters. The summed E-state index contributed by atoms with van der Waals surface area (Å²) >= 11 is 0. The molecular formula is C24H29F2N3O3. The molecule has 1 aliphatic heterocycles. The lowest BCUT2D eigenvalue weighted by molar-refractivity contribution is -0.123. The number of ether oxygens (including phenoxy) is 1. The second kappa shape index (κ2) is 11.0. The Labute approximate surface area is 187 Å². The van der Waals surface area contributed by atoms with Gasteiger partial charge in [-0.1, -0.05) is 50.2 Å². The predicted molar refractivity (Wildman–Crippen MR) is 118 cm³/mol. The zero-order valence-corrected chi connectivity index (χ0v) is 18.3. The molecule has 8 heteroatoms. The minimum absolute atomic E-state index is 0.0423. The molecule has 0 spiro atoms. The zero-order valence-electron chi connectivity index (χ0n) is 18.3. The summed E-state index contributed by atoms with van der Waals surface area (Å²) in [5, 5.41) is 3.13. The third-order valence-corrected chi connectivity index (χ3v) is 5.47. The van der Waals surface area contributed by atoms with Crippen LogP contribution in [0, 0.1) is 5.92 Å². The van der Waals surface area contributed by atoms with E-state index in [1.807, 2.05) is 35.2 Å². The molecule has 0 aromatic heterocycles. The first-order valence-electron chi connectivity index (χ1n) is 10.7. The van der Waals surface area contributed by atoms with Crippen molar-refractivity contribution in [3.8, 4) is 5.75 Å². The van der Waals surface area contributed by atoms with Crippen molar-refractivity contribution in [3.63, 3.8) is 0 Å². The molecule has 6 nitrogen and oxygen atoms in total. The van der Waals surface area contributed by atoms with Crippen molar-refractivity contribution < 1.29 is 23.1 Å². The van der Waals surface area contributed by atoms with Gasteiger partial charge in [-0.15, -0.1) is 0 Å². The van der Waals surface area contributed by atoms with E-state index in [0.717, 1.165) is 5.56 Å². The number of nitrogens with zero attached hydrogens (tertiary/aromatic N) is 2. The summed E-state index contributed by atoms with van der Waals surface area (Å²) < 4.78 is 29.2. The Kier molecular flexibility index (Phi) is 8.16. The Bertz CT molecular complexity index is 900.